The lowest BCUT2D eigenvalue weighted by Crippen LogP contribution is -2.22. The highest BCUT2D eigenvalue weighted by Gasteiger charge is 2.23. The van der Waals surface area contributed by atoms with E-state index in [-0.39, 0.29) is 9.79 Å². The first-order chi connectivity index (χ1) is 7.98. The van der Waals surface area contributed by atoms with E-state index in [2.05, 4.69) is 0 Å². The first-order valence-corrected chi connectivity index (χ1v) is 8.71. The Morgan fingerprint density at radius 2 is 1.56 bits per heavy atom. The van der Waals surface area contributed by atoms with Crippen LogP contribution in [0.1, 0.15) is 11.1 Å². The molecule has 0 radical (unpaired) electrons. The first-order valence-electron chi connectivity index (χ1n) is 4.96. The van der Waals surface area contributed by atoms with Gasteiger partial charge in [0.05, 0.1) is 9.79 Å². The Morgan fingerprint density at radius 1 is 1.06 bits per heavy atom. The summed E-state index contributed by atoms with van der Waals surface area (Å²) in [6, 6.07) is 2.51. The van der Waals surface area contributed by atoms with Crippen molar-refractivity contribution >= 4 is 29.8 Å². The molecule has 0 aromatic heterocycles. The summed E-state index contributed by atoms with van der Waals surface area (Å²) < 4.78 is 47.8. The molecule has 0 fully saturated rings. The van der Waals surface area contributed by atoms with Crippen LogP contribution in [0.3, 0.4) is 0 Å². The van der Waals surface area contributed by atoms with Gasteiger partial charge in [0.1, 0.15) is 0 Å². The molecule has 18 heavy (non-hydrogen) atoms. The van der Waals surface area contributed by atoms with Crippen molar-refractivity contribution < 1.29 is 16.8 Å². The van der Waals surface area contributed by atoms with Gasteiger partial charge in [-0.05, 0) is 37.1 Å². The molecule has 1 aromatic rings. The van der Waals surface area contributed by atoms with Crippen LogP contribution in [0.15, 0.2) is 21.9 Å². The number of benzene rings is 1. The van der Waals surface area contributed by atoms with Crippen molar-refractivity contribution in [3.05, 3.63) is 23.3 Å². The molecule has 102 valence electrons. The van der Waals surface area contributed by atoms with E-state index in [1.165, 1.54) is 20.2 Å². The van der Waals surface area contributed by atoms with Gasteiger partial charge in [0, 0.05) is 24.8 Å². The number of hydrogen-bond donors (Lipinski definition) is 0. The van der Waals surface area contributed by atoms with Crippen LogP contribution in [0, 0.1) is 13.8 Å². The minimum Gasteiger partial charge on any atom is -0.207 e. The van der Waals surface area contributed by atoms with E-state index in [0.29, 0.717) is 11.1 Å². The second-order valence-electron chi connectivity index (χ2n) is 4.09. The molecule has 0 spiro atoms. The molecule has 8 heteroatoms. The summed E-state index contributed by atoms with van der Waals surface area (Å²) in [5, 5.41) is 0. The Labute approximate surface area is 112 Å². The minimum atomic E-state index is -3.98. The van der Waals surface area contributed by atoms with Crippen LogP contribution < -0.4 is 0 Å². The maximum absolute atomic E-state index is 12.0. The van der Waals surface area contributed by atoms with Gasteiger partial charge in [-0.15, -0.1) is 0 Å². The quantitative estimate of drug-likeness (QED) is 0.793. The molecule has 0 aliphatic heterocycles. The zero-order valence-electron chi connectivity index (χ0n) is 10.4. The van der Waals surface area contributed by atoms with Gasteiger partial charge in [-0.1, -0.05) is 0 Å². The molecule has 0 bridgehead atoms. The van der Waals surface area contributed by atoms with E-state index in [9.17, 15) is 16.8 Å². The Hall–Kier alpha value is -0.630. The number of halogens is 1. The fraction of sp³-hybridized carbons (Fsp3) is 0.400. The monoisotopic (exact) mass is 311 g/mol. The van der Waals surface area contributed by atoms with Crippen LogP contribution in [0.4, 0.5) is 0 Å². The molecule has 0 aliphatic rings. The van der Waals surface area contributed by atoms with E-state index in [1.54, 1.807) is 13.8 Å². The minimum absolute atomic E-state index is 0.0881. The third kappa shape index (κ3) is 2.85. The van der Waals surface area contributed by atoms with Crippen LogP contribution >= 0.6 is 10.7 Å². The summed E-state index contributed by atoms with van der Waals surface area (Å²) in [4.78, 5) is -0.264. The van der Waals surface area contributed by atoms with Gasteiger partial charge in [-0.25, -0.2) is 21.1 Å². The van der Waals surface area contributed by atoms with Crippen molar-refractivity contribution in [1.29, 1.82) is 0 Å². The maximum atomic E-state index is 12.0. The van der Waals surface area contributed by atoms with Crippen LogP contribution in [0.25, 0.3) is 0 Å². The van der Waals surface area contributed by atoms with Gasteiger partial charge < -0.3 is 0 Å². The van der Waals surface area contributed by atoms with E-state index < -0.39 is 19.1 Å². The van der Waals surface area contributed by atoms with E-state index >= 15 is 0 Å². The molecule has 0 amide bonds. The number of sulfonamides is 1. The van der Waals surface area contributed by atoms with E-state index in [4.69, 9.17) is 10.7 Å². The maximum Gasteiger partial charge on any atom is 0.261 e. The molecule has 0 saturated heterocycles. The van der Waals surface area contributed by atoms with Crippen molar-refractivity contribution in [2.75, 3.05) is 14.1 Å². The van der Waals surface area contributed by atoms with Gasteiger partial charge in [-0.2, -0.15) is 0 Å². The average Bonchev–Trinajstić information content (AvgIpc) is 2.19. The number of rotatable bonds is 3. The lowest BCUT2D eigenvalue weighted by atomic mass is 10.1. The van der Waals surface area contributed by atoms with Gasteiger partial charge in [0.2, 0.25) is 10.0 Å². The normalized spacial score (nSPS) is 13.0. The zero-order valence-corrected chi connectivity index (χ0v) is 12.8. The van der Waals surface area contributed by atoms with Gasteiger partial charge in [-0.3, -0.25) is 0 Å². The van der Waals surface area contributed by atoms with E-state index in [0.717, 1.165) is 10.4 Å². The Kier molecular flexibility index (Phi) is 4.12. The summed E-state index contributed by atoms with van der Waals surface area (Å²) in [6.45, 7) is 3.21. The SMILES string of the molecule is Cc1cc(S(=O)(=O)N(C)C)cc(S(=O)(=O)Cl)c1C. The van der Waals surface area contributed by atoms with Gasteiger partial charge in [0.15, 0.2) is 0 Å². The Morgan fingerprint density at radius 3 is 1.94 bits per heavy atom. The molecular weight excluding hydrogens is 298 g/mol. The molecule has 0 aliphatic carbocycles. The third-order valence-electron chi connectivity index (χ3n) is 2.63. The fourth-order valence-corrected chi connectivity index (χ4v) is 3.77. The Balaban J connectivity index is 3.69. The largest absolute Gasteiger partial charge is 0.261 e. The Bertz CT molecular complexity index is 678. The zero-order chi connectivity index (χ0) is 14.3. The van der Waals surface area contributed by atoms with Crippen molar-refractivity contribution in [2.24, 2.45) is 0 Å². The molecule has 1 aromatic carbocycles. The summed E-state index contributed by atoms with van der Waals surface area (Å²) in [6.07, 6.45) is 0. The van der Waals surface area contributed by atoms with Crippen LogP contribution in [0.2, 0.25) is 0 Å². The van der Waals surface area contributed by atoms with Gasteiger partial charge >= 0.3 is 0 Å². The molecule has 5 nitrogen and oxygen atoms in total. The molecule has 1 rings (SSSR count). The van der Waals surface area contributed by atoms with Crippen molar-refractivity contribution in [1.82, 2.24) is 4.31 Å². The molecule has 0 heterocycles. The number of hydrogen-bond acceptors (Lipinski definition) is 4. The average molecular weight is 312 g/mol. The van der Waals surface area contributed by atoms with Crippen molar-refractivity contribution in [2.45, 2.75) is 23.6 Å². The third-order valence-corrected chi connectivity index (χ3v) is 5.88. The molecular formula is C10H14ClNO4S2. The highest BCUT2D eigenvalue weighted by molar-refractivity contribution is 8.13. The van der Waals surface area contributed by atoms with E-state index in [1.807, 2.05) is 0 Å². The van der Waals surface area contributed by atoms with Crippen molar-refractivity contribution in [3.8, 4) is 0 Å². The molecule has 0 atom stereocenters. The predicted octanol–water partition coefficient (Wildman–Crippen LogP) is 1.48. The lowest BCUT2D eigenvalue weighted by molar-refractivity contribution is 0.520. The standard InChI is InChI=1S/C10H14ClNO4S2/c1-7-5-9(18(15,16)12(3)4)6-10(8(7)2)17(11,13)14/h5-6H,1-4H3. The topological polar surface area (TPSA) is 71.5 Å². The molecule has 0 unspecified atom stereocenters. The summed E-state index contributed by atoms with van der Waals surface area (Å²) in [5.74, 6) is 0. The second-order valence-corrected chi connectivity index (χ2v) is 8.77. The van der Waals surface area contributed by atoms with Crippen LogP contribution in [0.5, 0.6) is 0 Å². The second kappa shape index (κ2) is 4.80. The van der Waals surface area contributed by atoms with Crippen LogP contribution in [-0.4, -0.2) is 35.2 Å². The lowest BCUT2D eigenvalue weighted by Gasteiger charge is -2.14. The fourth-order valence-electron chi connectivity index (χ4n) is 1.41. The number of nitrogens with zero attached hydrogens (tertiary/aromatic N) is 1. The summed E-state index contributed by atoms with van der Waals surface area (Å²) >= 11 is 0. The first kappa shape index (κ1) is 15.4. The van der Waals surface area contributed by atoms with Crippen LogP contribution in [-0.2, 0) is 19.1 Å². The number of aryl methyl sites for hydroxylation is 1. The highest BCUT2D eigenvalue weighted by Crippen LogP contribution is 2.27. The predicted molar refractivity (Wildman–Crippen MR) is 69.8 cm³/mol. The smallest absolute Gasteiger partial charge is 0.207 e. The van der Waals surface area contributed by atoms with Crippen molar-refractivity contribution in [3.63, 3.8) is 0 Å². The molecule has 0 saturated carbocycles. The molecule has 0 N–H and O–H groups in total. The highest BCUT2D eigenvalue weighted by atomic mass is 35.7. The summed E-state index contributed by atoms with van der Waals surface area (Å²) in [7, 11) is 0.386. The summed E-state index contributed by atoms with van der Waals surface area (Å²) in [5.41, 5.74) is 1.000. The van der Waals surface area contributed by atoms with Gasteiger partial charge in [0.25, 0.3) is 9.05 Å².